The Morgan fingerprint density at radius 2 is 1.48 bits per heavy atom. The molecule has 0 bridgehead atoms. The highest BCUT2D eigenvalue weighted by atomic mass is 16.6. The van der Waals surface area contributed by atoms with E-state index in [2.05, 4.69) is 12.8 Å². The minimum absolute atomic E-state index is 0.353. The Bertz CT molecular complexity index is 652. The van der Waals surface area contributed by atoms with E-state index in [1.165, 1.54) is 51.4 Å². The zero-order chi connectivity index (χ0) is 18.1. The van der Waals surface area contributed by atoms with Gasteiger partial charge in [-0.25, -0.2) is 9.59 Å². The molecule has 1 heterocycles. The molecule has 0 atom stereocenters. The standard InChI is InChI=1S/C22H28O3/c1-3-5-6-7-8-9-10-11-12-13-14-18-17(4-2)15-16-19-20(18)22(24)25-21(19)23/h2,15-16H,3,5-14H2,1H3. The van der Waals surface area contributed by atoms with Crippen molar-refractivity contribution in [3.05, 3.63) is 34.4 Å². The van der Waals surface area contributed by atoms with Gasteiger partial charge in [-0.15, -0.1) is 6.42 Å². The number of carbonyl (C=O) groups excluding carboxylic acids is 2. The van der Waals surface area contributed by atoms with E-state index < -0.39 is 11.9 Å². The summed E-state index contributed by atoms with van der Waals surface area (Å²) in [5.74, 6) is 1.51. The van der Waals surface area contributed by atoms with Gasteiger partial charge >= 0.3 is 11.9 Å². The van der Waals surface area contributed by atoms with Gasteiger partial charge < -0.3 is 4.74 Å². The Kier molecular flexibility index (Phi) is 7.73. The van der Waals surface area contributed by atoms with Crippen LogP contribution in [0.15, 0.2) is 12.1 Å². The molecule has 0 amide bonds. The summed E-state index contributed by atoms with van der Waals surface area (Å²) in [6.07, 6.45) is 18.8. The molecular weight excluding hydrogens is 312 g/mol. The average Bonchev–Trinajstić information content (AvgIpc) is 2.91. The summed E-state index contributed by atoms with van der Waals surface area (Å²) in [6.45, 7) is 2.24. The third kappa shape index (κ3) is 5.19. The fourth-order valence-corrected chi connectivity index (χ4v) is 3.43. The SMILES string of the molecule is C#Cc1ccc2c(c1CCCCCCCCCCCC)C(=O)OC2=O. The Labute approximate surface area is 151 Å². The molecule has 0 N–H and O–H groups in total. The lowest BCUT2D eigenvalue weighted by Gasteiger charge is -2.08. The van der Waals surface area contributed by atoms with Crippen molar-refractivity contribution in [2.45, 2.75) is 77.6 Å². The molecule has 0 aromatic heterocycles. The van der Waals surface area contributed by atoms with E-state index in [9.17, 15) is 9.59 Å². The number of fused-ring (bicyclic) bond motifs is 1. The van der Waals surface area contributed by atoms with Crippen LogP contribution in [0, 0.1) is 12.3 Å². The third-order valence-electron chi connectivity index (χ3n) is 4.86. The van der Waals surface area contributed by atoms with Crippen molar-refractivity contribution in [3.8, 4) is 12.3 Å². The van der Waals surface area contributed by atoms with Gasteiger partial charge in [-0.1, -0.05) is 70.6 Å². The van der Waals surface area contributed by atoms with Crippen molar-refractivity contribution in [1.29, 1.82) is 0 Å². The van der Waals surface area contributed by atoms with Crippen molar-refractivity contribution >= 4 is 11.9 Å². The Balaban J connectivity index is 1.77. The quantitative estimate of drug-likeness (QED) is 0.233. The molecule has 0 saturated carbocycles. The fourth-order valence-electron chi connectivity index (χ4n) is 3.43. The highest BCUT2D eigenvalue weighted by molar-refractivity contribution is 6.15. The van der Waals surface area contributed by atoms with Gasteiger partial charge in [0, 0.05) is 5.56 Å². The minimum Gasteiger partial charge on any atom is -0.386 e. The van der Waals surface area contributed by atoms with Crippen molar-refractivity contribution in [1.82, 2.24) is 0 Å². The predicted octanol–water partition coefficient (Wildman–Crippen LogP) is 5.44. The summed E-state index contributed by atoms with van der Waals surface area (Å²) in [5, 5.41) is 0. The molecule has 1 aliphatic rings. The van der Waals surface area contributed by atoms with Gasteiger partial charge in [-0.3, -0.25) is 0 Å². The molecule has 3 nitrogen and oxygen atoms in total. The molecule has 0 unspecified atom stereocenters. The molecule has 1 aromatic carbocycles. The first-order valence-electron chi connectivity index (χ1n) is 9.58. The first-order chi connectivity index (χ1) is 12.2. The molecule has 1 aromatic rings. The van der Waals surface area contributed by atoms with Crippen LogP contribution in [-0.4, -0.2) is 11.9 Å². The average molecular weight is 340 g/mol. The van der Waals surface area contributed by atoms with E-state index in [1.54, 1.807) is 12.1 Å². The van der Waals surface area contributed by atoms with Gasteiger partial charge in [-0.05, 0) is 30.5 Å². The van der Waals surface area contributed by atoms with E-state index in [1.807, 2.05) is 0 Å². The fraction of sp³-hybridized carbons (Fsp3) is 0.545. The Morgan fingerprint density at radius 3 is 2.08 bits per heavy atom. The molecule has 0 spiro atoms. The topological polar surface area (TPSA) is 43.4 Å². The number of benzene rings is 1. The van der Waals surface area contributed by atoms with Gasteiger partial charge in [0.05, 0.1) is 11.1 Å². The maximum absolute atomic E-state index is 11.9. The highest BCUT2D eigenvalue weighted by Gasteiger charge is 2.32. The number of ether oxygens (including phenoxy) is 1. The number of esters is 2. The molecule has 134 valence electrons. The Hall–Kier alpha value is -2.08. The number of rotatable bonds is 11. The van der Waals surface area contributed by atoms with Crippen LogP contribution in [0.3, 0.4) is 0 Å². The van der Waals surface area contributed by atoms with Crippen LogP contribution in [0.25, 0.3) is 0 Å². The predicted molar refractivity (Wildman–Crippen MR) is 99.7 cm³/mol. The van der Waals surface area contributed by atoms with Crippen molar-refractivity contribution in [2.75, 3.05) is 0 Å². The highest BCUT2D eigenvalue weighted by Crippen LogP contribution is 2.28. The van der Waals surface area contributed by atoms with Gasteiger partial charge in [0.2, 0.25) is 0 Å². The summed E-state index contributed by atoms with van der Waals surface area (Å²) in [4.78, 5) is 23.6. The third-order valence-corrected chi connectivity index (χ3v) is 4.86. The number of carbonyl (C=O) groups is 2. The molecule has 0 radical (unpaired) electrons. The maximum Gasteiger partial charge on any atom is 0.347 e. The lowest BCUT2D eigenvalue weighted by atomic mass is 9.93. The number of hydrogen-bond donors (Lipinski definition) is 0. The molecule has 1 aliphatic heterocycles. The number of terminal acetylenes is 1. The van der Waals surface area contributed by atoms with Gasteiger partial charge in [0.15, 0.2) is 0 Å². The van der Waals surface area contributed by atoms with E-state index >= 15 is 0 Å². The van der Waals surface area contributed by atoms with Gasteiger partial charge in [-0.2, -0.15) is 0 Å². The molecule has 3 heteroatoms. The second-order valence-electron chi connectivity index (χ2n) is 6.77. The van der Waals surface area contributed by atoms with Crippen molar-refractivity contribution < 1.29 is 14.3 Å². The van der Waals surface area contributed by atoms with Crippen molar-refractivity contribution in [3.63, 3.8) is 0 Å². The first-order valence-corrected chi connectivity index (χ1v) is 9.58. The number of cyclic esters (lactones) is 2. The molecule has 0 aliphatic carbocycles. The van der Waals surface area contributed by atoms with Gasteiger partial charge in [0.25, 0.3) is 0 Å². The van der Waals surface area contributed by atoms with Crippen LogP contribution in [-0.2, 0) is 11.2 Å². The zero-order valence-electron chi connectivity index (χ0n) is 15.2. The summed E-state index contributed by atoms with van der Waals surface area (Å²) >= 11 is 0. The summed E-state index contributed by atoms with van der Waals surface area (Å²) in [7, 11) is 0. The van der Waals surface area contributed by atoms with E-state index in [4.69, 9.17) is 11.2 Å². The first kappa shape index (κ1) is 19.2. The van der Waals surface area contributed by atoms with Crippen LogP contribution in [0.5, 0.6) is 0 Å². The van der Waals surface area contributed by atoms with E-state index in [0.29, 0.717) is 16.7 Å². The lowest BCUT2D eigenvalue weighted by molar-refractivity contribution is 0.0443. The van der Waals surface area contributed by atoms with Crippen LogP contribution in [0.4, 0.5) is 0 Å². The number of unbranched alkanes of at least 4 members (excludes halogenated alkanes) is 9. The van der Waals surface area contributed by atoms with E-state index in [0.717, 1.165) is 24.8 Å². The maximum atomic E-state index is 11.9. The monoisotopic (exact) mass is 340 g/mol. The van der Waals surface area contributed by atoms with Crippen LogP contribution >= 0.6 is 0 Å². The Morgan fingerprint density at radius 1 is 0.880 bits per heavy atom. The van der Waals surface area contributed by atoms with Crippen LogP contribution in [0.1, 0.15) is 103 Å². The summed E-state index contributed by atoms with van der Waals surface area (Å²) in [5.41, 5.74) is 2.24. The molecule has 2 rings (SSSR count). The van der Waals surface area contributed by atoms with Crippen molar-refractivity contribution in [2.24, 2.45) is 0 Å². The van der Waals surface area contributed by atoms with E-state index in [-0.39, 0.29) is 0 Å². The smallest absolute Gasteiger partial charge is 0.347 e. The normalized spacial score (nSPS) is 12.8. The minimum atomic E-state index is -0.562. The second-order valence-corrected chi connectivity index (χ2v) is 6.77. The molecular formula is C22H28O3. The largest absolute Gasteiger partial charge is 0.386 e. The summed E-state index contributed by atoms with van der Waals surface area (Å²) in [6, 6.07) is 3.34. The van der Waals surface area contributed by atoms with Crippen LogP contribution < -0.4 is 0 Å². The zero-order valence-corrected chi connectivity index (χ0v) is 15.2. The molecule has 0 fully saturated rings. The second kappa shape index (κ2) is 10.0. The lowest BCUT2D eigenvalue weighted by Crippen LogP contribution is -2.03. The van der Waals surface area contributed by atoms with Gasteiger partial charge in [0.1, 0.15) is 0 Å². The number of hydrogen-bond acceptors (Lipinski definition) is 3. The molecule has 0 saturated heterocycles. The van der Waals surface area contributed by atoms with Crippen LogP contribution in [0.2, 0.25) is 0 Å². The molecule has 25 heavy (non-hydrogen) atoms. The summed E-state index contributed by atoms with van der Waals surface area (Å²) < 4.78 is 4.73.